The van der Waals surface area contributed by atoms with E-state index in [2.05, 4.69) is 20.8 Å². The van der Waals surface area contributed by atoms with E-state index in [4.69, 9.17) is 15.3 Å². The molecule has 0 unspecified atom stereocenters. The number of benzene rings is 2. The Balaban J connectivity index is 1.50. The summed E-state index contributed by atoms with van der Waals surface area (Å²) in [5.41, 5.74) is 7.19. The number of nitrogens with one attached hydrogen (secondary N) is 2. The number of carbonyl (C=O) groups is 2. The molecule has 2 amide bonds. The molecule has 0 saturated heterocycles. The number of hydrogen-bond acceptors (Lipinski definition) is 6. The molecular formula is C23H22FN5O4. The molecule has 0 aliphatic rings. The van der Waals surface area contributed by atoms with Crippen molar-refractivity contribution in [3.05, 3.63) is 83.8 Å². The summed E-state index contributed by atoms with van der Waals surface area (Å²) in [6, 6.07) is 15.2. The molecule has 2 aromatic carbocycles. The van der Waals surface area contributed by atoms with Crippen molar-refractivity contribution in [2.75, 3.05) is 18.5 Å². The highest BCUT2D eigenvalue weighted by atomic mass is 19.1. The highest BCUT2D eigenvalue weighted by molar-refractivity contribution is 5.98. The summed E-state index contributed by atoms with van der Waals surface area (Å²) >= 11 is 0. The molecule has 3 aromatic rings. The predicted molar refractivity (Wildman–Crippen MR) is 120 cm³/mol. The van der Waals surface area contributed by atoms with E-state index in [0.717, 1.165) is 0 Å². The van der Waals surface area contributed by atoms with Gasteiger partial charge in [-0.1, -0.05) is 11.2 Å². The molecular weight excluding hydrogens is 429 g/mol. The maximum absolute atomic E-state index is 12.9. The smallest absolute Gasteiger partial charge is 0.265 e. The van der Waals surface area contributed by atoms with Crippen LogP contribution >= 0.6 is 0 Å². The molecule has 0 aliphatic carbocycles. The molecule has 0 fully saturated rings. The number of aromatic nitrogens is 1. The fraction of sp³-hybridized carbons (Fsp3) is 0.130. The van der Waals surface area contributed by atoms with Crippen LogP contribution in [-0.4, -0.2) is 35.8 Å². The second kappa shape index (κ2) is 11.2. The Kier molecular flexibility index (Phi) is 7.90. The van der Waals surface area contributed by atoms with Crippen LogP contribution in [0.25, 0.3) is 0 Å². The Labute approximate surface area is 189 Å². The Bertz CT molecular complexity index is 1130. The number of amides is 2. The average Bonchev–Trinajstić information content (AvgIpc) is 2.81. The molecule has 0 bridgehead atoms. The minimum atomic E-state index is -0.472. The first-order valence-electron chi connectivity index (χ1n) is 9.98. The standard InChI is InChI=1S/C23H22FN5O4/c1-2-26-23(31)15-4-3-5-18(12-15)28-20(30)14-32-29-22(25)16-6-11-21(27-13-16)33-19-9-7-17(24)8-10-19/h3-13H,2,14H2,1H3,(H2,25,29)(H,26,31)(H,28,30). The van der Waals surface area contributed by atoms with Gasteiger partial charge in [-0.15, -0.1) is 0 Å². The zero-order valence-electron chi connectivity index (χ0n) is 17.7. The monoisotopic (exact) mass is 451 g/mol. The van der Waals surface area contributed by atoms with E-state index in [0.29, 0.717) is 29.1 Å². The van der Waals surface area contributed by atoms with Crippen LogP contribution in [0.1, 0.15) is 22.8 Å². The van der Waals surface area contributed by atoms with Crippen molar-refractivity contribution in [2.24, 2.45) is 10.9 Å². The third-order valence-electron chi connectivity index (χ3n) is 4.17. The molecule has 0 saturated carbocycles. The van der Waals surface area contributed by atoms with Gasteiger partial charge in [-0.05, 0) is 55.5 Å². The summed E-state index contributed by atoms with van der Waals surface area (Å²) in [5.74, 6) is -0.332. The zero-order valence-corrected chi connectivity index (χ0v) is 17.7. The van der Waals surface area contributed by atoms with Gasteiger partial charge in [-0.2, -0.15) is 0 Å². The third kappa shape index (κ3) is 7.03. The molecule has 1 heterocycles. The van der Waals surface area contributed by atoms with Gasteiger partial charge in [0.15, 0.2) is 12.4 Å². The van der Waals surface area contributed by atoms with Crippen molar-refractivity contribution < 1.29 is 23.6 Å². The average molecular weight is 451 g/mol. The van der Waals surface area contributed by atoms with E-state index >= 15 is 0 Å². The van der Waals surface area contributed by atoms with E-state index in [9.17, 15) is 14.0 Å². The second-order valence-corrected chi connectivity index (χ2v) is 6.68. The second-order valence-electron chi connectivity index (χ2n) is 6.68. The van der Waals surface area contributed by atoms with Crippen molar-refractivity contribution in [1.82, 2.24) is 10.3 Å². The Hall–Kier alpha value is -4.47. The van der Waals surface area contributed by atoms with Gasteiger partial charge < -0.3 is 25.9 Å². The van der Waals surface area contributed by atoms with Crippen LogP contribution < -0.4 is 21.1 Å². The molecule has 1 aromatic heterocycles. The molecule has 3 rings (SSSR count). The van der Waals surface area contributed by atoms with Crippen molar-refractivity contribution in [3.8, 4) is 11.6 Å². The molecule has 4 N–H and O–H groups in total. The van der Waals surface area contributed by atoms with Crippen molar-refractivity contribution in [3.63, 3.8) is 0 Å². The topological polar surface area (TPSA) is 128 Å². The summed E-state index contributed by atoms with van der Waals surface area (Å²) in [6.45, 7) is 1.94. The molecule has 10 heteroatoms. The minimum absolute atomic E-state index is 0.0156. The number of pyridine rings is 1. The quantitative estimate of drug-likeness (QED) is 0.261. The summed E-state index contributed by atoms with van der Waals surface area (Å²) in [4.78, 5) is 33.1. The van der Waals surface area contributed by atoms with Gasteiger partial charge in [0.2, 0.25) is 5.88 Å². The molecule has 0 radical (unpaired) electrons. The Morgan fingerprint density at radius 1 is 1.09 bits per heavy atom. The van der Waals surface area contributed by atoms with Crippen LogP contribution in [0.5, 0.6) is 11.6 Å². The number of nitrogens with zero attached hydrogens (tertiary/aromatic N) is 2. The van der Waals surface area contributed by atoms with E-state index in [-0.39, 0.29) is 30.0 Å². The lowest BCUT2D eigenvalue weighted by atomic mass is 10.2. The van der Waals surface area contributed by atoms with Crippen LogP contribution in [0.15, 0.2) is 72.0 Å². The first-order valence-corrected chi connectivity index (χ1v) is 9.98. The van der Waals surface area contributed by atoms with Gasteiger partial charge >= 0.3 is 0 Å². The lowest BCUT2D eigenvalue weighted by Gasteiger charge is -2.08. The van der Waals surface area contributed by atoms with Crippen molar-refractivity contribution in [1.29, 1.82) is 0 Å². The number of amidine groups is 1. The summed E-state index contributed by atoms with van der Waals surface area (Å²) in [7, 11) is 0. The SMILES string of the molecule is CCNC(=O)c1cccc(NC(=O)CO/N=C(/N)c2ccc(Oc3ccc(F)cc3)nc2)c1. The summed E-state index contributed by atoms with van der Waals surface area (Å²) in [5, 5.41) is 9.02. The van der Waals surface area contributed by atoms with E-state index in [1.807, 2.05) is 6.92 Å². The van der Waals surface area contributed by atoms with Crippen molar-refractivity contribution >= 4 is 23.3 Å². The van der Waals surface area contributed by atoms with E-state index in [1.165, 1.54) is 30.5 Å². The normalized spacial score (nSPS) is 10.9. The number of hydrogen-bond donors (Lipinski definition) is 3. The highest BCUT2D eigenvalue weighted by Crippen LogP contribution is 2.19. The highest BCUT2D eigenvalue weighted by Gasteiger charge is 2.08. The van der Waals surface area contributed by atoms with Gasteiger partial charge in [0.05, 0.1) is 0 Å². The van der Waals surface area contributed by atoms with Crippen molar-refractivity contribution in [2.45, 2.75) is 6.92 Å². The number of oxime groups is 1. The number of anilines is 1. The van der Waals surface area contributed by atoms with Crippen LogP contribution in [0.4, 0.5) is 10.1 Å². The fourth-order valence-electron chi connectivity index (χ4n) is 2.63. The first kappa shape index (κ1) is 23.2. The zero-order chi connectivity index (χ0) is 23.6. The molecule has 0 spiro atoms. The number of rotatable bonds is 9. The molecule has 0 aliphatic heterocycles. The maximum Gasteiger partial charge on any atom is 0.265 e. The lowest BCUT2D eigenvalue weighted by molar-refractivity contribution is -0.120. The summed E-state index contributed by atoms with van der Waals surface area (Å²) < 4.78 is 18.5. The maximum atomic E-state index is 12.9. The number of carbonyl (C=O) groups excluding carboxylic acids is 2. The molecule has 0 atom stereocenters. The third-order valence-corrected chi connectivity index (χ3v) is 4.17. The molecule has 33 heavy (non-hydrogen) atoms. The van der Waals surface area contributed by atoms with E-state index in [1.54, 1.807) is 36.4 Å². The van der Waals surface area contributed by atoms with Crippen LogP contribution in [0.2, 0.25) is 0 Å². The fourth-order valence-corrected chi connectivity index (χ4v) is 2.63. The van der Waals surface area contributed by atoms with Crippen LogP contribution in [0.3, 0.4) is 0 Å². The molecule has 170 valence electrons. The summed E-state index contributed by atoms with van der Waals surface area (Å²) in [6.07, 6.45) is 1.42. The molecule has 9 nitrogen and oxygen atoms in total. The van der Waals surface area contributed by atoms with Gasteiger partial charge in [-0.25, -0.2) is 9.37 Å². The van der Waals surface area contributed by atoms with Gasteiger partial charge in [0.25, 0.3) is 11.8 Å². The van der Waals surface area contributed by atoms with E-state index < -0.39 is 5.91 Å². The Morgan fingerprint density at radius 2 is 1.88 bits per heavy atom. The predicted octanol–water partition coefficient (Wildman–Crippen LogP) is 3.04. The lowest BCUT2D eigenvalue weighted by Crippen LogP contribution is -2.23. The minimum Gasteiger partial charge on any atom is -0.439 e. The number of ether oxygens (including phenoxy) is 1. The number of nitrogens with two attached hydrogens (primary N) is 1. The van der Waals surface area contributed by atoms with Crippen LogP contribution in [0, 0.1) is 5.82 Å². The largest absolute Gasteiger partial charge is 0.439 e. The Morgan fingerprint density at radius 3 is 2.58 bits per heavy atom. The van der Waals surface area contributed by atoms with Gasteiger partial charge in [-0.3, -0.25) is 9.59 Å². The van der Waals surface area contributed by atoms with Gasteiger partial charge in [0, 0.05) is 35.6 Å². The first-order chi connectivity index (χ1) is 15.9. The van der Waals surface area contributed by atoms with Gasteiger partial charge in [0.1, 0.15) is 11.6 Å². The number of halogens is 1. The van der Waals surface area contributed by atoms with Crippen LogP contribution in [-0.2, 0) is 9.63 Å².